The molecule has 1 fully saturated rings. The van der Waals surface area contributed by atoms with Crippen molar-refractivity contribution in [1.82, 2.24) is 0 Å². The average molecular weight is 486 g/mol. The van der Waals surface area contributed by atoms with E-state index in [1.54, 1.807) is 24.3 Å². The molecule has 1 saturated heterocycles. The van der Waals surface area contributed by atoms with Gasteiger partial charge in [-0.05, 0) is 84.8 Å². The lowest BCUT2D eigenvalue weighted by atomic mass is 9.82. The first-order chi connectivity index (χ1) is 13.4. The standard InChI is InChI=1S/C22H19IN2O3/c1-13-5-10-18-19(11-13)22(28)25(21(18)27)17-4-2-3-14(12-17)20(26)24-16-8-6-15(23)7-9-16/h2-9,12,18-19H,10-11H2,1H3,(H,24,26)/t18-,19+/m1/s1. The van der Waals surface area contributed by atoms with Gasteiger partial charge in [-0.25, -0.2) is 0 Å². The second-order valence-corrected chi connectivity index (χ2v) is 8.47. The number of carbonyl (C=O) groups is 3. The molecule has 1 aliphatic carbocycles. The molecule has 0 unspecified atom stereocenters. The molecule has 2 atom stereocenters. The summed E-state index contributed by atoms with van der Waals surface area (Å²) in [5.41, 5.74) is 2.70. The van der Waals surface area contributed by atoms with Crippen LogP contribution in [0.2, 0.25) is 0 Å². The van der Waals surface area contributed by atoms with Crippen LogP contribution < -0.4 is 10.2 Å². The summed E-state index contributed by atoms with van der Waals surface area (Å²) in [6, 6.07) is 14.2. The fraction of sp³-hybridized carbons (Fsp3) is 0.227. The molecule has 5 nitrogen and oxygen atoms in total. The van der Waals surface area contributed by atoms with Crippen LogP contribution in [0.4, 0.5) is 11.4 Å². The molecule has 4 rings (SSSR count). The number of rotatable bonds is 3. The van der Waals surface area contributed by atoms with Gasteiger partial charge in [0.05, 0.1) is 17.5 Å². The number of benzene rings is 2. The zero-order valence-electron chi connectivity index (χ0n) is 15.3. The molecule has 0 spiro atoms. The van der Waals surface area contributed by atoms with E-state index < -0.39 is 0 Å². The molecule has 1 N–H and O–H groups in total. The zero-order valence-corrected chi connectivity index (χ0v) is 17.5. The Balaban J connectivity index is 1.57. The first kappa shape index (κ1) is 18.9. The highest BCUT2D eigenvalue weighted by Crippen LogP contribution is 2.39. The molecule has 0 radical (unpaired) electrons. The van der Waals surface area contributed by atoms with Gasteiger partial charge in [0.15, 0.2) is 0 Å². The molecule has 6 heteroatoms. The van der Waals surface area contributed by atoms with Crippen LogP contribution in [0.5, 0.6) is 0 Å². The van der Waals surface area contributed by atoms with Gasteiger partial charge in [-0.1, -0.05) is 17.7 Å². The number of anilines is 2. The molecular formula is C22H19IN2O3. The molecule has 142 valence electrons. The number of nitrogens with zero attached hydrogens (tertiary/aromatic N) is 1. The van der Waals surface area contributed by atoms with Crippen LogP contribution in [0.1, 0.15) is 30.1 Å². The van der Waals surface area contributed by atoms with Crippen LogP contribution in [0.15, 0.2) is 60.2 Å². The van der Waals surface area contributed by atoms with E-state index in [1.807, 2.05) is 37.3 Å². The van der Waals surface area contributed by atoms with Crippen molar-refractivity contribution in [1.29, 1.82) is 0 Å². The van der Waals surface area contributed by atoms with E-state index in [9.17, 15) is 14.4 Å². The summed E-state index contributed by atoms with van der Waals surface area (Å²) in [6.07, 6.45) is 3.27. The summed E-state index contributed by atoms with van der Waals surface area (Å²) in [5, 5.41) is 2.84. The lowest BCUT2D eigenvalue weighted by Crippen LogP contribution is -2.31. The number of imide groups is 1. The minimum atomic E-state index is -0.291. The van der Waals surface area contributed by atoms with Crippen LogP contribution in [0.25, 0.3) is 0 Å². The fourth-order valence-electron chi connectivity index (χ4n) is 3.81. The van der Waals surface area contributed by atoms with Gasteiger partial charge in [-0.15, -0.1) is 0 Å². The lowest BCUT2D eigenvalue weighted by molar-refractivity contribution is -0.122. The van der Waals surface area contributed by atoms with Gasteiger partial charge in [0.2, 0.25) is 11.8 Å². The number of allylic oxidation sites excluding steroid dienone is 2. The Labute approximate surface area is 176 Å². The molecule has 0 bridgehead atoms. The van der Waals surface area contributed by atoms with E-state index in [0.29, 0.717) is 29.8 Å². The van der Waals surface area contributed by atoms with Crippen LogP contribution in [0, 0.1) is 15.4 Å². The van der Waals surface area contributed by atoms with Crippen molar-refractivity contribution in [2.24, 2.45) is 11.8 Å². The Bertz CT molecular complexity index is 997. The molecule has 3 amide bonds. The third kappa shape index (κ3) is 3.48. The smallest absolute Gasteiger partial charge is 0.255 e. The van der Waals surface area contributed by atoms with E-state index in [4.69, 9.17) is 0 Å². The van der Waals surface area contributed by atoms with Crippen LogP contribution in [-0.4, -0.2) is 17.7 Å². The highest BCUT2D eigenvalue weighted by Gasteiger charge is 2.48. The Kier molecular flexibility index (Phi) is 5.05. The Morgan fingerprint density at radius 1 is 1.07 bits per heavy atom. The van der Waals surface area contributed by atoms with Crippen LogP contribution in [0.3, 0.4) is 0 Å². The summed E-state index contributed by atoms with van der Waals surface area (Å²) in [5.74, 6) is -1.20. The number of halogens is 1. The second-order valence-electron chi connectivity index (χ2n) is 7.23. The summed E-state index contributed by atoms with van der Waals surface area (Å²) < 4.78 is 1.08. The van der Waals surface area contributed by atoms with Crippen LogP contribution >= 0.6 is 22.6 Å². The maximum absolute atomic E-state index is 12.9. The number of amides is 3. The predicted molar refractivity (Wildman–Crippen MR) is 116 cm³/mol. The Hall–Kier alpha value is -2.48. The minimum absolute atomic E-state index is 0.169. The topological polar surface area (TPSA) is 66.5 Å². The number of nitrogens with one attached hydrogen (secondary N) is 1. The van der Waals surface area contributed by atoms with Gasteiger partial charge in [-0.3, -0.25) is 19.3 Å². The van der Waals surface area contributed by atoms with Gasteiger partial charge >= 0.3 is 0 Å². The first-order valence-electron chi connectivity index (χ1n) is 9.14. The second kappa shape index (κ2) is 7.50. The molecule has 28 heavy (non-hydrogen) atoms. The van der Waals surface area contributed by atoms with Gasteiger partial charge in [0, 0.05) is 14.8 Å². The molecule has 0 aromatic heterocycles. The quantitative estimate of drug-likeness (QED) is 0.398. The Morgan fingerprint density at radius 3 is 2.54 bits per heavy atom. The van der Waals surface area contributed by atoms with Crippen molar-refractivity contribution in [3.8, 4) is 0 Å². The van der Waals surface area contributed by atoms with Crippen molar-refractivity contribution in [3.63, 3.8) is 0 Å². The summed E-state index contributed by atoms with van der Waals surface area (Å²) in [4.78, 5) is 39.6. The SMILES string of the molecule is CC1=CC[C@H]2C(=O)N(c3cccc(C(=O)Nc4ccc(I)cc4)c3)C(=O)[C@H]2C1. The van der Waals surface area contributed by atoms with E-state index >= 15 is 0 Å². The van der Waals surface area contributed by atoms with Crippen molar-refractivity contribution in [2.45, 2.75) is 19.8 Å². The maximum Gasteiger partial charge on any atom is 0.255 e. The average Bonchev–Trinajstić information content (AvgIpc) is 2.93. The molecule has 2 aromatic rings. The van der Waals surface area contributed by atoms with Gasteiger partial charge in [-0.2, -0.15) is 0 Å². The monoisotopic (exact) mass is 486 g/mol. The van der Waals surface area contributed by atoms with Gasteiger partial charge in [0.25, 0.3) is 5.91 Å². The summed E-state index contributed by atoms with van der Waals surface area (Å²) in [6.45, 7) is 1.99. The van der Waals surface area contributed by atoms with E-state index in [2.05, 4.69) is 27.9 Å². The zero-order chi connectivity index (χ0) is 19.8. The van der Waals surface area contributed by atoms with Gasteiger partial charge in [0.1, 0.15) is 0 Å². The molecule has 1 aliphatic heterocycles. The third-order valence-corrected chi connectivity index (χ3v) is 6.01. The van der Waals surface area contributed by atoms with Gasteiger partial charge < -0.3 is 5.32 Å². The highest BCUT2D eigenvalue weighted by atomic mass is 127. The van der Waals surface area contributed by atoms with Crippen molar-refractivity contribution < 1.29 is 14.4 Å². The minimum Gasteiger partial charge on any atom is -0.322 e. The maximum atomic E-state index is 12.9. The molecule has 0 saturated carbocycles. The van der Waals surface area contributed by atoms with Crippen LogP contribution in [-0.2, 0) is 9.59 Å². The first-order valence-corrected chi connectivity index (χ1v) is 10.2. The van der Waals surface area contributed by atoms with E-state index in [1.165, 1.54) is 4.90 Å². The number of fused-ring (bicyclic) bond motifs is 1. The van der Waals surface area contributed by atoms with E-state index in [-0.39, 0.29) is 29.6 Å². The van der Waals surface area contributed by atoms with E-state index in [0.717, 1.165) is 9.14 Å². The number of hydrogen-bond donors (Lipinski definition) is 1. The largest absolute Gasteiger partial charge is 0.322 e. The molecule has 1 heterocycles. The predicted octanol–water partition coefficient (Wildman–Crippen LogP) is 4.39. The third-order valence-electron chi connectivity index (χ3n) is 5.29. The lowest BCUT2D eigenvalue weighted by Gasteiger charge is -2.18. The summed E-state index contributed by atoms with van der Waals surface area (Å²) in [7, 11) is 0. The molecule has 2 aromatic carbocycles. The highest BCUT2D eigenvalue weighted by molar-refractivity contribution is 14.1. The molecule has 2 aliphatic rings. The van der Waals surface area contributed by atoms with Crippen molar-refractivity contribution in [3.05, 3.63) is 69.3 Å². The van der Waals surface area contributed by atoms with Crippen molar-refractivity contribution >= 4 is 51.7 Å². The normalized spacial score (nSPS) is 21.4. The fourth-order valence-corrected chi connectivity index (χ4v) is 4.17. The molecular weight excluding hydrogens is 467 g/mol. The number of carbonyl (C=O) groups excluding carboxylic acids is 3. The summed E-state index contributed by atoms with van der Waals surface area (Å²) >= 11 is 2.20. The number of hydrogen-bond acceptors (Lipinski definition) is 3. The van der Waals surface area contributed by atoms with Crippen molar-refractivity contribution in [2.75, 3.05) is 10.2 Å². The Morgan fingerprint density at radius 2 is 1.79 bits per heavy atom.